The minimum absolute atomic E-state index is 0.00264. The molecule has 1 aliphatic heterocycles. The van der Waals surface area contributed by atoms with Crippen LogP contribution in [-0.2, 0) is 9.59 Å². The largest absolute Gasteiger partial charge is 0.344 e. The Morgan fingerprint density at radius 1 is 1.35 bits per heavy atom. The van der Waals surface area contributed by atoms with Crippen molar-refractivity contribution in [1.82, 2.24) is 10.2 Å². The van der Waals surface area contributed by atoms with Crippen LogP contribution in [-0.4, -0.2) is 35.3 Å². The highest BCUT2D eigenvalue weighted by Crippen LogP contribution is 2.31. The highest BCUT2D eigenvalue weighted by molar-refractivity contribution is 5.90. The average molecular weight is 238 g/mol. The summed E-state index contributed by atoms with van der Waals surface area (Å²) in [5, 5.41) is 2.85. The number of carbonyl (C=O) groups is 2. The van der Waals surface area contributed by atoms with E-state index in [0.29, 0.717) is 12.3 Å². The molecule has 4 nitrogen and oxygen atoms in total. The molecule has 1 saturated carbocycles. The molecule has 2 fully saturated rings. The smallest absolute Gasteiger partial charge is 0.245 e. The summed E-state index contributed by atoms with van der Waals surface area (Å²) in [6.45, 7) is 6.77. The molecule has 1 aliphatic carbocycles. The van der Waals surface area contributed by atoms with Gasteiger partial charge in [0.15, 0.2) is 0 Å². The van der Waals surface area contributed by atoms with E-state index in [0.717, 1.165) is 6.54 Å². The van der Waals surface area contributed by atoms with Gasteiger partial charge < -0.3 is 10.2 Å². The molecule has 1 saturated heterocycles. The summed E-state index contributed by atoms with van der Waals surface area (Å²) in [6.07, 6.45) is 2.89. The Bertz CT molecular complexity index is 323. The topological polar surface area (TPSA) is 49.4 Å². The van der Waals surface area contributed by atoms with Crippen LogP contribution in [0.25, 0.3) is 0 Å². The summed E-state index contributed by atoms with van der Waals surface area (Å²) in [6, 6.07) is -0.307. The maximum Gasteiger partial charge on any atom is 0.245 e. The van der Waals surface area contributed by atoms with Crippen molar-refractivity contribution in [1.29, 1.82) is 0 Å². The van der Waals surface area contributed by atoms with Gasteiger partial charge in [0, 0.05) is 19.0 Å². The second kappa shape index (κ2) is 4.67. The fourth-order valence-electron chi connectivity index (χ4n) is 2.37. The number of nitrogens with one attached hydrogen (secondary N) is 1. The summed E-state index contributed by atoms with van der Waals surface area (Å²) >= 11 is 0. The van der Waals surface area contributed by atoms with E-state index in [-0.39, 0.29) is 29.8 Å². The number of hydrogen-bond acceptors (Lipinski definition) is 2. The van der Waals surface area contributed by atoms with Crippen LogP contribution in [0.3, 0.4) is 0 Å². The molecule has 2 amide bonds. The predicted molar refractivity (Wildman–Crippen MR) is 65.3 cm³/mol. The van der Waals surface area contributed by atoms with Gasteiger partial charge in [-0.3, -0.25) is 9.59 Å². The molecule has 17 heavy (non-hydrogen) atoms. The highest BCUT2D eigenvalue weighted by Gasteiger charge is 2.37. The molecule has 0 spiro atoms. The summed E-state index contributed by atoms with van der Waals surface area (Å²) in [5.41, 5.74) is 0. The molecular weight excluding hydrogens is 216 g/mol. The Balaban J connectivity index is 2.15. The third-order valence-corrected chi connectivity index (χ3v) is 3.70. The van der Waals surface area contributed by atoms with E-state index in [2.05, 4.69) is 5.32 Å². The first-order valence-electron chi connectivity index (χ1n) is 6.59. The fourth-order valence-corrected chi connectivity index (χ4v) is 2.37. The standard InChI is InChI=1S/C13H22N2O2/c1-8(2)12-13(17)15(7-10-4-5-10)9(3)6-11(16)14-12/h8-10,12H,4-7H2,1-3H3,(H,14,16). The summed E-state index contributed by atoms with van der Waals surface area (Å²) in [4.78, 5) is 26.0. The molecule has 0 aromatic heterocycles. The van der Waals surface area contributed by atoms with Gasteiger partial charge in [0.05, 0.1) is 0 Å². The van der Waals surface area contributed by atoms with Crippen LogP contribution < -0.4 is 5.32 Å². The molecule has 0 aromatic carbocycles. The van der Waals surface area contributed by atoms with E-state index in [1.54, 1.807) is 0 Å². The van der Waals surface area contributed by atoms with Gasteiger partial charge in [-0.1, -0.05) is 13.8 Å². The number of rotatable bonds is 3. The van der Waals surface area contributed by atoms with E-state index in [4.69, 9.17) is 0 Å². The van der Waals surface area contributed by atoms with Crippen molar-refractivity contribution in [3.8, 4) is 0 Å². The van der Waals surface area contributed by atoms with Crippen molar-refractivity contribution in [2.24, 2.45) is 11.8 Å². The van der Waals surface area contributed by atoms with Gasteiger partial charge in [-0.2, -0.15) is 0 Å². The average Bonchev–Trinajstić information content (AvgIpc) is 3.04. The fraction of sp³-hybridized carbons (Fsp3) is 0.846. The normalized spacial score (nSPS) is 30.5. The Morgan fingerprint density at radius 3 is 2.53 bits per heavy atom. The van der Waals surface area contributed by atoms with Crippen molar-refractivity contribution in [2.75, 3.05) is 6.54 Å². The minimum Gasteiger partial charge on any atom is -0.344 e. The molecule has 4 heteroatoms. The lowest BCUT2D eigenvalue weighted by Crippen LogP contribution is -2.49. The van der Waals surface area contributed by atoms with Crippen molar-refractivity contribution < 1.29 is 9.59 Å². The number of carbonyl (C=O) groups excluding carboxylic acids is 2. The third-order valence-electron chi connectivity index (χ3n) is 3.70. The summed E-state index contributed by atoms with van der Waals surface area (Å²) in [5.74, 6) is 0.925. The number of amides is 2. The lowest BCUT2D eigenvalue weighted by atomic mass is 10.0. The molecule has 2 atom stereocenters. The monoisotopic (exact) mass is 238 g/mol. The van der Waals surface area contributed by atoms with Crippen molar-refractivity contribution in [3.63, 3.8) is 0 Å². The van der Waals surface area contributed by atoms with Crippen molar-refractivity contribution in [2.45, 2.75) is 52.1 Å². The quantitative estimate of drug-likeness (QED) is 0.802. The lowest BCUT2D eigenvalue weighted by Gasteiger charge is -2.30. The zero-order valence-corrected chi connectivity index (χ0v) is 10.9. The van der Waals surface area contributed by atoms with Crippen LogP contribution in [0.15, 0.2) is 0 Å². The number of nitrogens with zero attached hydrogens (tertiary/aromatic N) is 1. The maximum atomic E-state index is 12.4. The third kappa shape index (κ3) is 2.79. The Kier molecular flexibility index (Phi) is 3.40. The second-order valence-electron chi connectivity index (χ2n) is 5.78. The first kappa shape index (κ1) is 12.4. The first-order chi connectivity index (χ1) is 7.99. The Hall–Kier alpha value is -1.06. The van der Waals surface area contributed by atoms with Crippen LogP contribution >= 0.6 is 0 Å². The van der Waals surface area contributed by atoms with Crippen LogP contribution in [0.4, 0.5) is 0 Å². The summed E-state index contributed by atoms with van der Waals surface area (Å²) < 4.78 is 0. The molecule has 0 radical (unpaired) electrons. The van der Waals surface area contributed by atoms with E-state index < -0.39 is 0 Å². The van der Waals surface area contributed by atoms with Gasteiger partial charge in [0.2, 0.25) is 11.8 Å². The molecule has 2 aliphatic rings. The molecular formula is C13H22N2O2. The van der Waals surface area contributed by atoms with Gasteiger partial charge in [-0.15, -0.1) is 0 Å². The van der Waals surface area contributed by atoms with E-state index in [1.807, 2.05) is 25.7 Å². The second-order valence-corrected chi connectivity index (χ2v) is 5.78. The first-order valence-corrected chi connectivity index (χ1v) is 6.59. The van der Waals surface area contributed by atoms with Gasteiger partial charge in [-0.05, 0) is 31.6 Å². The van der Waals surface area contributed by atoms with Crippen LogP contribution in [0, 0.1) is 11.8 Å². The zero-order valence-electron chi connectivity index (χ0n) is 10.9. The van der Waals surface area contributed by atoms with E-state index >= 15 is 0 Å². The molecule has 96 valence electrons. The molecule has 2 rings (SSSR count). The lowest BCUT2D eigenvalue weighted by molar-refractivity contribution is -0.136. The molecule has 0 bridgehead atoms. The Morgan fingerprint density at radius 2 is 2.00 bits per heavy atom. The summed E-state index contributed by atoms with van der Waals surface area (Å²) in [7, 11) is 0. The van der Waals surface area contributed by atoms with Crippen LogP contribution in [0.5, 0.6) is 0 Å². The van der Waals surface area contributed by atoms with Gasteiger partial charge in [-0.25, -0.2) is 0 Å². The Labute approximate surface area is 103 Å². The molecule has 2 unspecified atom stereocenters. The maximum absolute atomic E-state index is 12.4. The van der Waals surface area contributed by atoms with E-state index in [1.165, 1.54) is 12.8 Å². The predicted octanol–water partition coefficient (Wildman–Crippen LogP) is 1.16. The van der Waals surface area contributed by atoms with Crippen LogP contribution in [0.1, 0.15) is 40.0 Å². The van der Waals surface area contributed by atoms with Crippen LogP contribution in [0.2, 0.25) is 0 Å². The van der Waals surface area contributed by atoms with Gasteiger partial charge >= 0.3 is 0 Å². The van der Waals surface area contributed by atoms with Gasteiger partial charge in [0.1, 0.15) is 6.04 Å². The molecule has 1 heterocycles. The highest BCUT2D eigenvalue weighted by atomic mass is 16.2. The van der Waals surface area contributed by atoms with Crippen molar-refractivity contribution in [3.05, 3.63) is 0 Å². The number of hydrogen-bond donors (Lipinski definition) is 1. The molecule has 1 N–H and O–H groups in total. The zero-order chi connectivity index (χ0) is 12.6. The SMILES string of the molecule is CC(C)C1NC(=O)CC(C)N(CC2CC2)C1=O. The van der Waals surface area contributed by atoms with Gasteiger partial charge in [0.25, 0.3) is 0 Å². The van der Waals surface area contributed by atoms with E-state index in [9.17, 15) is 9.59 Å². The minimum atomic E-state index is -0.341. The molecule has 0 aromatic rings. The van der Waals surface area contributed by atoms with Crippen molar-refractivity contribution >= 4 is 11.8 Å².